The molecule has 0 fully saturated rings. The lowest BCUT2D eigenvalue weighted by atomic mass is 10.1. The predicted molar refractivity (Wildman–Crippen MR) is 64.9 cm³/mol. The van der Waals surface area contributed by atoms with Gasteiger partial charge in [0.1, 0.15) is 0 Å². The third kappa shape index (κ3) is 1.60. The second-order valence-electron chi connectivity index (χ2n) is 2.88. The van der Waals surface area contributed by atoms with Gasteiger partial charge in [-0.2, -0.15) is 0 Å². The number of rotatable bonds is 2. The molecule has 1 heterocycles. The molecule has 1 aromatic carbocycles. The number of hydrogen-bond acceptors (Lipinski definition) is 2. The van der Waals surface area contributed by atoms with E-state index in [1.54, 1.807) is 11.3 Å². The first-order valence-electron chi connectivity index (χ1n) is 3.97. The first-order valence-corrected chi connectivity index (χ1v) is 6.35. The molecule has 0 bridgehead atoms. The normalized spacial score (nSPS) is 10.7. The summed E-state index contributed by atoms with van der Waals surface area (Å²) in [6, 6.07) is 3.76. The molecule has 0 aliphatic heterocycles. The van der Waals surface area contributed by atoms with Gasteiger partial charge in [-0.05, 0) is 17.7 Å². The summed E-state index contributed by atoms with van der Waals surface area (Å²) in [6.45, 7) is 0. The lowest BCUT2D eigenvalue weighted by Crippen LogP contribution is -1.80. The van der Waals surface area contributed by atoms with E-state index in [9.17, 15) is 4.79 Å². The molecule has 0 saturated carbocycles. The Labute approximate surface area is 98.8 Å². The quantitative estimate of drug-likeness (QED) is 0.596. The van der Waals surface area contributed by atoms with Crippen molar-refractivity contribution in [1.82, 2.24) is 0 Å². The van der Waals surface area contributed by atoms with Crippen molar-refractivity contribution in [3.8, 4) is 0 Å². The van der Waals surface area contributed by atoms with E-state index in [4.69, 9.17) is 11.6 Å². The summed E-state index contributed by atoms with van der Waals surface area (Å²) in [5, 5.41) is 4.24. The van der Waals surface area contributed by atoms with Crippen LogP contribution in [-0.4, -0.2) is 6.29 Å². The Morgan fingerprint density at radius 1 is 1.50 bits per heavy atom. The second kappa shape index (κ2) is 4.01. The first kappa shape index (κ1) is 10.1. The molecule has 0 spiro atoms. The second-order valence-corrected chi connectivity index (χ2v) is 4.76. The molecule has 0 aliphatic rings. The van der Waals surface area contributed by atoms with Gasteiger partial charge in [-0.25, -0.2) is 0 Å². The highest BCUT2D eigenvalue weighted by Crippen LogP contribution is 2.32. The minimum Gasteiger partial charge on any atom is -0.298 e. The highest BCUT2D eigenvalue weighted by molar-refractivity contribution is 9.08. The maximum absolute atomic E-state index is 10.7. The fourth-order valence-corrected chi connectivity index (χ4v) is 3.26. The highest BCUT2D eigenvalue weighted by atomic mass is 79.9. The van der Waals surface area contributed by atoms with Gasteiger partial charge in [-0.3, -0.25) is 4.79 Å². The summed E-state index contributed by atoms with van der Waals surface area (Å²) in [4.78, 5) is 10.7. The minimum absolute atomic E-state index is 0.674. The molecule has 0 atom stereocenters. The molecule has 2 rings (SSSR count). The molecule has 0 amide bonds. The third-order valence-corrected chi connectivity index (χ3v) is 3.93. The highest BCUT2D eigenvalue weighted by Gasteiger charge is 2.08. The Morgan fingerprint density at radius 3 is 2.93 bits per heavy atom. The molecule has 0 aliphatic carbocycles. The zero-order valence-electron chi connectivity index (χ0n) is 7.09. The van der Waals surface area contributed by atoms with Crippen LogP contribution in [0.15, 0.2) is 17.5 Å². The van der Waals surface area contributed by atoms with E-state index in [2.05, 4.69) is 15.9 Å². The molecule has 2 aromatic rings. The number of benzene rings is 1. The van der Waals surface area contributed by atoms with Crippen molar-refractivity contribution in [3.63, 3.8) is 0 Å². The van der Waals surface area contributed by atoms with Gasteiger partial charge in [-0.15, -0.1) is 11.3 Å². The van der Waals surface area contributed by atoms with Crippen molar-refractivity contribution in [2.24, 2.45) is 0 Å². The van der Waals surface area contributed by atoms with Crippen LogP contribution in [0, 0.1) is 0 Å². The van der Waals surface area contributed by atoms with Crippen molar-refractivity contribution in [1.29, 1.82) is 0 Å². The molecule has 0 saturated heterocycles. The summed E-state index contributed by atoms with van der Waals surface area (Å²) < 4.78 is 1.13. The van der Waals surface area contributed by atoms with Crippen molar-refractivity contribution in [2.75, 3.05) is 0 Å². The number of hydrogen-bond donors (Lipinski definition) is 0. The van der Waals surface area contributed by atoms with Crippen LogP contribution in [0.4, 0.5) is 0 Å². The molecule has 72 valence electrons. The number of fused-ring (bicyclic) bond motifs is 1. The van der Waals surface area contributed by atoms with Crippen molar-refractivity contribution in [3.05, 3.63) is 33.7 Å². The summed E-state index contributed by atoms with van der Waals surface area (Å²) in [7, 11) is 0. The number of carbonyl (C=O) groups is 1. The average Bonchev–Trinajstić information content (AvgIpc) is 2.59. The zero-order valence-corrected chi connectivity index (χ0v) is 10.2. The Balaban J connectivity index is 2.83. The number of thiophene rings is 1. The van der Waals surface area contributed by atoms with Crippen LogP contribution in [0.5, 0.6) is 0 Å². The number of alkyl halides is 1. The van der Waals surface area contributed by atoms with Gasteiger partial charge >= 0.3 is 0 Å². The minimum atomic E-state index is 0.674. The van der Waals surface area contributed by atoms with Crippen LogP contribution in [0.1, 0.15) is 15.9 Å². The van der Waals surface area contributed by atoms with E-state index in [1.165, 1.54) is 0 Å². The molecule has 14 heavy (non-hydrogen) atoms. The van der Waals surface area contributed by atoms with Crippen molar-refractivity contribution < 1.29 is 4.79 Å². The van der Waals surface area contributed by atoms with Gasteiger partial charge in [0.25, 0.3) is 0 Å². The zero-order chi connectivity index (χ0) is 10.1. The topological polar surface area (TPSA) is 17.1 Å². The third-order valence-electron chi connectivity index (χ3n) is 2.02. The van der Waals surface area contributed by atoms with Gasteiger partial charge < -0.3 is 0 Å². The molecule has 0 N–H and O–H groups in total. The van der Waals surface area contributed by atoms with Crippen LogP contribution < -0.4 is 0 Å². The van der Waals surface area contributed by atoms with E-state index < -0.39 is 0 Å². The largest absolute Gasteiger partial charge is 0.298 e. The van der Waals surface area contributed by atoms with E-state index in [-0.39, 0.29) is 0 Å². The molecular formula is C10H6BrClOS. The van der Waals surface area contributed by atoms with Crippen LogP contribution in [-0.2, 0) is 5.33 Å². The SMILES string of the molecule is O=Cc1csc2c(CBr)cc(Cl)cc12. The lowest BCUT2D eigenvalue weighted by Gasteiger charge is -1.99. The Kier molecular flexibility index (Phi) is 2.91. The summed E-state index contributed by atoms with van der Waals surface area (Å²) in [5.41, 5.74) is 1.85. The summed E-state index contributed by atoms with van der Waals surface area (Å²) in [5.74, 6) is 0. The fourth-order valence-electron chi connectivity index (χ4n) is 1.38. The average molecular weight is 290 g/mol. The van der Waals surface area contributed by atoms with Gasteiger partial charge in [0, 0.05) is 31.4 Å². The Bertz CT molecular complexity index is 492. The van der Waals surface area contributed by atoms with Crippen LogP contribution >= 0.6 is 38.9 Å². The monoisotopic (exact) mass is 288 g/mol. The molecule has 0 radical (unpaired) electrons. The standard InChI is InChI=1S/C10H6BrClOS/c11-3-6-1-8(12)2-9-7(4-13)5-14-10(6)9/h1-2,4-5H,3H2. The van der Waals surface area contributed by atoms with Crippen molar-refractivity contribution >= 4 is 55.2 Å². The van der Waals surface area contributed by atoms with Gasteiger partial charge in [0.2, 0.25) is 0 Å². The molecule has 0 unspecified atom stereocenters. The number of carbonyl (C=O) groups excluding carboxylic acids is 1. The molecule has 1 nitrogen and oxygen atoms in total. The molecule has 4 heteroatoms. The van der Waals surface area contributed by atoms with Gasteiger partial charge in [0.05, 0.1) is 0 Å². The predicted octanol–water partition coefficient (Wildman–Crippen LogP) is 4.26. The summed E-state index contributed by atoms with van der Waals surface area (Å²) in [6.07, 6.45) is 0.868. The van der Waals surface area contributed by atoms with Gasteiger partial charge in [-0.1, -0.05) is 27.5 Å². The van der Waals surface area contributed by atoms with Crippen LogP contribution in [0.2, 0.25) is 5.02 Å². The maximum atomic E-state index is 10.7. The van der Waals surface area contributed by atoms with E-state index in [0.717, 1.165) is 32.8 Å². The Hall–Kier alpha value is -0.380. The number of aldehydes is 1. The maximum Gasteiger partial charge on any atom is 0.151 e. The van der Waals surface area contributed by atoms with E-state index >= 15 is 0 Å². The summed E-state index contributed by atoms with van der Waals surface area (Å²) >= 11 is 10.9. The van der Waals surface area contributed by atoms with Crippen LogP contribution in [0.3, 0.4) is 0 Å². The van der Waals surface area contributed by atoms with E-state index in [1.807, 2.05) is 17.5 Å². The molecular weight excluding hydrogens is 284 g/mol. The van der Waals surface area contributed by atoms with E-state index in [0.29, 0.717) is 5.02 Å². The molecule has 1 aromatic heterocycles. The van der Waals surface area contributed by atoms with Crippen LogP contribution in [0.25, 0.3) is 10.1 Å². The smallest absolute Gasteiger partial charge is 0.151 e. The lowest BCUT2D eigenvalue weighted by molar-refractivity contribution is 0.112. The number of halogens is 2. The van der Waals surface area contributed by atoms with Gasteiger partial charge in [0.15, 0.2) is 6.29 Å². The Morgan fingerprint density at radius 2 is 2.29 bits per heavy atom. The van der Waals surface area contributed by atoms with Crippen molar-refractivity contribution in [2.45, 2.75) is 5.33 Å². The fraction of sp³-hybridized carbons (Fsp3) is 0.100. The first-order chi connectivity index (χ1) is 6.76.